The normalized spacial score (nSPS) is 17.9. The van der Waals surface area contributed by atoms with Gasteiger partial charge in [-0.05, 0) is 56.3 Å². The van der Waals surface area contributed by atoms with Gasteiger partial charge in [-0.3, -0.25) is 9.59 Å². The van der Waals surface area contributed by atoms with E-state index in [1.54, 1.807) is 54.6 Å². The summed E-state index contributed by atoms with van der Waals surface area (Å²) < 4.78 is 28.2. The van der Waals surface area contributed by atoms with Crippen molar-refractivity contribution in [3.8, 4) is 0 Å². The van der Waals surface area contributed by atoms with Crippen molar-refractivity contribution in [1.29, 1.82) is 0 Å². The van der Waals surface area contributed by atoms with Crippen molar-refractivity contribution in [2.24, 2.45) is 0 Å². The Morgan fingerprint density at radius 3 is 2.17 bits per heavy atom. The van der Waals surface area contributed by atoms with Crippen LogP contribution >= 0.6 is 0 Å². The molecule has 2 aromatic carbocycles. The molecule has 0 atom stereocenters. The van der Waals surface area contributed by atoms with Crippen LogP contribution in [0.1, 0.15) is 42.5 Å². The first-order valence-electron chi connectivity index (χ1n) is 12.3. The molecule has 8 nitrogen and oxygen atoms in total. The van der Waals surface area contributed by atoms with Crippen LogP contribution in [0.4, 0.5) is 5.69 Å². The highest BCUT2D eigenvalue weighted by atomic mass is 32.2. The predicted octanol–water partition coefficient (Wildman–Crippen LogP) is 3.04. The first kappa shape index (κ1) is 25.3. The van der Waals surface area contributed by atoms with E-state index in [1.807, 2.05) is 11.9 Å². The standard InChI is InChI=1S/C26H34N4O4S/c1-28-16-18-29(19-17-28)26(32)21-12-14-22(15-13-21)27-25(31)20-30(23-8-4-2-5-9-23)35(33,34)24-10-6-3-7-11-24/h3,6-7,10-15,23H,2,4-5,8-9,16-20H2,1H3,(H,27,31). The number of sulfonamides is 1. The summed E-state index contributed by atoms with van der Waals surface area (Å²) >= 11 is 0. The highest BCUT2D eigenvalue weighted by molar-refractivity contribution is 7.89. The molecule has 2 aliphatic rings. The third-order valence-corrected chi connectivity index (χ3v) is 8.75. The van der Waals surface area contributed by atoms with Crippen LogP contribution in [-0.4, -0.2) is 80.2 Å². The number of likely N-dealkylation sites (N-methyl/N-ethyl adjacent to an activating group) is 1. The van der Waals surface area contributed by atoms with Gasteiger partial charge in [0.15, 0.2) is 0 Å². The number of amides is 2. The van der Waals surface area contributed by atoms with E-state index < -0.39 is 15.9 Å². The molecule has 35 heavy (non-hydrogen) atoms. The van der Waals surface area contributed by atoms with E-state index in [9.17, 15) is 18.0 Å². The molecule has 1 saturated carbocycles. The quantitative estimate of drug-likeness (QED) is 0.634. The Hall–Kier alpha value is -2.75. The number of carbonyl (C=O) groups excluding carboxylic acids is 2. The molecule has 1 heterocycles. The first-order valence-corrected chi connectivity index (χ1v) is 13.7. The lowest BCUT2D eigenvalue weighted by molar-refractivity contribution is -0.116. The monoisotopic (exact) mass is 498 g/mol. The van der Waals surface area contributed by atoms with E-state index in [-0.39, 0.29) is 23.4 Å². The van der Waals surface area contributed by atoms with Gasteiger partial charge in [-0.1, -0.05) is 37.5 Å². The zero-order chi connectivity index (χ0) is 24.8. The zero-order valence-electron chi connectivity index (χ0n) is 20.2. The number of piperazine rings is 1. The highest BCUT2D eigenvalue weighted by Gasteiger charge is 2.34. The number of hydrogen-bond acceptors (Lipinski definition) is 5. The summed E-state index contributed by atoms with van der Waals surface area (Å²) in [7, 11) is -1.76. The van der Waals surface area contributed by atoms with Gasteiger partial charge in [0.2, 0.25) is 15.9 Å². The van der Waals surface area contributed by atoms with Gasteiger partial charge in [-0.25, -0.2) is 8.42 Å². The summed E-state index contributed by atoms with van der Waals surface area (Å²) in [5.74, 6) is -0.415. The molecule has 0 bridgehead atoms. The Bertz CT molecular complexity index is 1110. The summed E-state index contributed by atoms with van der Waals surface area (Å²) in [4.78, 5) is 29.9. The molecule has 0 unspecified atom stereocenters. The molecule has 0 aromatic heterocycles. The van der Waals surface area contributed by atoms with E-state index in [0.717, 1.165) is 45.2 Å². The molecule has 2 fully saturated rings. The third-order valence-electron chi connectivity index (χ3n) is 6.84. The molecule has 188 valence electrons. The number of rotatable bonds is 7. The molecule has 2 aromatic rings. The van der Waals surface area contributed by atoms with Gasteiger partial charge in [-0.2, -0.15) is 4.31 Å². The van der Waals surface area contributed by atoms with Gasteiger partial charge in [0.1, 0.15) is 0 Å². The lowest BCUT2D eigenvalue weighted by Gasteiger charge is -2.33. The van der Waals surface area contributed by atoms with Crippen LogP contribution in [0, 0.1) is 0 Å². The van der Waals surface area contributed by atoms with Gasteiger partial charge in [0.05, 0.1) is 11.4 Å². The Kier molecular flexibility index (Phi) is 8.20. The number of carbonyl (C=O) groups is 2. The summed E-state index contributed by atoms with van der Waals surface area (Å²) in [5, 5.41) is 2.81. The number of hydrogen-bond donors (Lipinski definition) is 1. The Morgan fingerprint density at radius 1 is 0.914 bits per heavy atom. The van der Waals surface area contributed by atoms with E-state index in [0.29, 0.717) is 24.3 Å². The predicted molar refractivity (Wildman–Crippen MR) is 136 cm³/mol. The number of nitrogens with zero attached hydrogens (tertiary/aromatic N) is 3. The summed E-state index contributed by atoms with van der Waals surface area (Å²) in [6.45, 7) is 2.85. The molecule has 2 amide bonds. The van der Waals surface area contributed by atoms with Crippen LogP contribution in [0.15, 0.2) is 59.5 Å². The Morgan fingerprint density at radius 2 is 1.54 bits per heavy atom. The van der Waals surface area contributed by atoms with Gasteiger partial charge in [0.25, 0.3) is 5.91 Å². The minimum Gasteiger partial charge on any atom is -0.336 e. The van der Waals surface area contributed by atoms with Crippen LogP contribution in [-0.2, 0) is 14.8 Å². The molecule has 1 saturated heterocycles. The van der Waals surface area contributed by atoms with Crippen molar-refractivity contribution in [3.05, 3.63) is 60.2 Å². The lowest BCUT2D eigenvalue weighted by Crippen LogP contribution is -2.47. The molecule has 0 radical (unpaired) electrons. The minimum atomic E-state index is -3.80. The first-order chi connectivity index (χ1) is 16.8. The Labute approximate surface area is 207 Å². The van der Waals surface area contributed by atoms with E-state index in [1.165, 1.54) is 4.31 Å². The second kappa shape index (κ2) is 11.3. The highest BCUT2D eigenvalue weighted by Crippen LogP contribution is 2.28. The fourth-order valence-electron chi connectivity index (χ4n) is 4.74. The maximum Gasteiger partial charge on any atom is 0.253 e. The summed E-state index contributed by atoms with van der Waals surface area (Å²) in [6, 6.07) is 14.9. The van der Waals surface area contributed by atoms with Gasteiger partial charge < -0.3 is 15.1 Å². The van der Waals surface area contributed by atoms with Crippen LogP contribution in [0.5, 0.6) is 0 Å². The summed E-state index contributed by atoms with van der Waals surface area (Å²) in [6.07, 6.45) is 4.50. The van der Waals surface area contributed by atoms with Gasteiger partial charge >= 0.3 is 0 Å². The maximum absolute atomic E-state index is 13.4. The lowest BCUT2D eigenvalue weighted by atomic mass is 9.95. The van der Waals surface area contributed by atoms with Crippen LogP contribution in [0.2, 0.25) is 0 Å². The molecule has 0 spiro atoms. The maximum atomic E-state index is 13.4. The molecule has 9 heteroatoms. The molecular weight excluding hydrogens is 464 g/mol. The van der Waals surface area contributed by atoms with Crippen molar-refractivity contribution < 1.29 is 18.0 Å². The number of anilines is 1. The topological polar surface area (TPSA) is 90.0 Å². The van der Waals surface area contributed by atoms with Crippen molar-refractivity contribution in [3.63, 3.8) is 0 Å². The van der Waals surface area contributed by atoms with Gasteiger partial charge in [0, 0.05) is 43.5 Å². The number of nitrogens with one attached hydrogen (secondary N) is 1. The van der Waals surface area contributed by atoms with Crippen LogP contribution in [0.3, 0.4) is 0 Å². The second-order valence-corrected chi connectivity index (χ2v) is 11.3. The molecule has 4 rings (SSSR count). The van der Waals surface area contributed by atoms with E-state index in [4.69, 9.17) is 0 Å². The fourth-order valence-corrected chi connectivity index (χ4v) is 6.40. The number of benzene rings is 2. The zero-order valence-corrected chi connectivity index (χ0v) is 21.0. The van der Waals surface area contributed by atoms with E-state index in [2.05, 4.69) is 10.2 Å². The third kappa shape index (κ3) is 6.28. The smallest absolute Gasteiger partial charge is 0.253 e. The van der Waals surface area contributed by atoms with Crippen molar-refractivity contribution in [1.82, 2.24) is 14.1 Å². The Balaban J connectivity index is 1.43. The van der Waals surface area contributed by atoms with Crippen molar-refractivity contribution in [2.75, 3.05) is 45.1 Å². The van der Waals surface area contributed by atoms with Crippen LogP contribution < -0.4 is 5.32 Å². The largest absolute Gasteiger partial charge is 0.336 e. The molecular formula is C26H34N4O4S. The van der Waals surface area contributed by atoms with Crippen LogP contribution in [0.25, 0.3) is 0 Å². The van der Waals surface area contributed by atoms with Gasteiger partial charge in [-0.15, -0.1) is 0 Å². The molecule has 1 N–H and O–H groups in total. The minimum absolute atomic E-state index is 0.0200. The fraction of sp³-hybridized carbons (Fsp3) is 0.462. The van der Waals surface area contributed by atoms with Crippen molar-refractivity contribution in [2.45, 2.75) is 43.0 Å². The summed E-state index contributed by atoms with van der Waals surface area (Å²) in [5.41, 5.74) is 1.11. The van der Waals surface area contributed by atoms with E-state index >= 15 is 0 Å². The molecule has 1 aliphatic heterocycles. The molecule has 1 aliphatic carbocycles. The average Bonchev–Trinajstić information content (AvgIpc) is 2.89. The van der Waals surface area contributed by atoms with Crippen molar-refractivity contribution >= 4 is 27.5 Å². The second-order valence-electron chi connectivity index (χ2n) is 9.38. The SMILES string of the molecule is CN1CCN(C(=O)c2ccc(NC(=O)CN(C3CCCCC3)S(=O)(=O)c3ccccc3)cc2)CC1. The average molecular weight is 499 g/mol.